The van der Waals surface area contributed by atoms with Crippen molar-refractivity contribution in [2.45, 2.75) is 103 Å². The summed E-state index contributed by atoms with van der Waals surface area (Å²) in [6, 6.07) is 0.284. The van der Waals surface area contributed by atoms with Gasteiger partial charge >= 0.3 is 0 Å². The Bertz CT molecular complexity index is 308. The van der Waals surface area contributed by atoms with E-state index in [4.69, 9.17) is 5.73 Å². The molecule has 0 aliphatic heterocycles. The molecule has 0 aliphatic rings. The van der Waals surface area contributed by atoms with E-state index in [1.54, 1.807) is 6.92 Å². The highest BCUT2D eigenvalue weighted by Crippen LogP contribution is 2.14. The SMILES string of the molecule is CCCCCCCC(CCCCCC)NC(CN(CN)NC)C(C)=O. The van der Waals surface area contributed by atoms with Gasteiger partial charge in [-0.25, -0.2) is 5.01 Å². The van der Waals surface area contributed by atoms with Gasteiger partial charge in [0, 0.05) is 12.6 Å². The number of hydrogen-bond acceptors (Lipinski definition) is 5. The maximum Gasteiger partial charge on any atom is 0.148 e. The highest BCUT2D eigenvalue weighted by Gasteiger charge is 2.21. The van der Waals surface area contributed by atoms with Gasteiger partial charge in [-0.15, -0.1) is 0 Å². The molecule has 0 radical (unpaired) electrons. The smallest absolute Gasteiger partial charge is 0.148 e. The molecule has 0 aromatic rings. The first-order valence-electron chi connectivity index (χ1n) is 10.5. The number of nitrogens with two attached hydrogens (primary N) is 1. The number of carbonyl (C=O) groups is 1. The zero-order chi connectivity index (χ0) is 18.9. The molecule has 0 rings (SSSR count). The third kappa shape index (κ3) is 13.4. The summed E-state index contributed by atoms with van der Waals surface area (Å²) in [4.78, 5) is 12.1. The van der Waals surface area contributed by atoms with Crippen LogP contribution in [0.1, 0.15) is 91.4 Å². The molecule has 5 nitrogen and oxygen atoms in total. The summed E-state index contributed by atoms with van der Waals surface area (Å²) in [6.45, 7) is 7.19. The summed E-state index contributed by atoms with van der Waals surface area (Å²) in [5, 5.41) is 5.52. The monoisotopic (exact) mass is 356 g/mol. The van der Waals surface area contributed by atoms with Crippen LogP contribution < -0.4 is 16.5 Å². The molecule has 2 unspecified atom stereocenters. The normalized spacial score (nSPS) is 14.0. The molecule has 0 aromatic carbocycles. The van der Waals surface area contributed by atoms with Gasteiger partial charge in [0.25, 0.3) is 0 Å². The van der Waals surface area contributed by atoms with Crippen molar-refractivity contribution in [3.8, 4) is 0 Å². The van der Waals surface area contributed by atoms with Gasteiger partial charge in [-0.3, -0.25) is 10.2 Å². The first kappa shape index (κ1) is 24.5. The molecule has 0 bridgehead atoms. The molecule has 0 amide bonds. The lowest BCUT2D eigenvalue weighted by atomic mass is 9.99. The van der Waals surface area contributed by atoms with Crippen LogP contribution in [0, 0.1) is 0 Å². The van der Waals surface area contributed by atoms with Crippen molar-refractivity contribution in [3.63, 3.8) is 0 Å². The highest BCUT2D eigenvalue weighted by atomic mass is 16.1. The largest absolute Gasteiger partial charge is 0.317 e. The Balaban J connectivity index is 4.51. The Morgan fingerprint density at radius 1 is 0.960 bits per heavy atom. The van der Waals surface area contributed by atoms with E-state index in [0.717, 1.165) is 0 Å². The van der Waals surface area contributed by atoms with E-state index in [1.165, 1.54) is 70.6 Å². The van der Waals surface area contributed by atoms with Gasteiger partial charge in [0.2, 0.25) is 0 Å². The minimum atomic E-state index is -0.150. The Hall–Kier alpha value is -0.490. The van der Waals surface area contributed by atoms with Crippen molar-refractivity contribution in [1.29, 1.82) is 0 Å². The molecule has 0 aromatic heterocycles. The van der Waals surface area contributed by atoms with Gasteiger partial charge in [0.15, 0.2) is 0 Å². The second kappa shape index (κ2) is 17.0. The van der Waals surface area contributed by atoms with Gasteiger partial charge in [-0.05, 0) is 26.8 Å². The van der Waals surface area contributed by atoms with Crippen molar-refractivity contribution in [2.75, 3.05) is 20.3 Å². The fraction of sp³-hybridized carbons (Fsp3) is 0.950. The molecule has 0 saturated heterocycles. The molecule has 0 saturated carbocycles. The maximum absolute atomic E-state index is 12.1. The minimum absolute atomic E-state index is 0.150. The third-order valence-electron chi connectivity index (χ3n) is 4.93. The molecule has 150 valence electrons. The van der Waals surface area contributed by atoms with Crippen molar-refractivity contribution >= 4 is 5.78 Å². The molecular formula is C20H44N4O. The number of nitrogens with one attached hydrogen (secondary N) is 2. The van der Waals surface area contributed by atoms with Crippen molar-refractivity contribution in [1.82, 2.24) is 15.8 Å². The molecule has 4 N–H and O–H groups in total. The molecule has 0 spiro atoms. The predicted molar refractivity (Wildman–Crippen MR) is 108 cm³/mol. The zero-order valence-electron chi connectivity index (χ0n) is 17.3. The van der Waals surface area contributed by atoms with Crippen molar-refractivity contribution in [3.05, 3.63) is 0 Å². The van der Waals surface area contributed by atoms with Crippen LogP contribution in [-0.4, -0.2) is 43.1 Å². The number of rotatable bonds is 18. The fourth-order valence-electron chi connectivity index (χ4n) is 3.18. The van der Waals surface area contributed by atoms with Crippen LogP contribution in [0.15, 0.2) is 0 Å². The molecule has 5 heteroatoms. The van der Waals surface area contributed by atoms with Crippen LogP contribution in [-0.2, 0) is 4.79 Å². The Labute approximate surface area is 156 Å². The van der Waals surface area contributed by atoms with Gasteiger partial charge in [-0.1, -0.05) is 71.6 Å². The van der Waals surface area contributed by atoms with Crippen LogP contribution in [0.4, 0.5) is 0 Å². The Kier molecular flexibility index (Phi) is 16.6. The maximum atomic E-state index is 12.1. The summed E-state index contributed by atoms with van der Waals surface area (Å²) in [6.07, 6.45) is 13.9. The quantitative estimate of drug-likeness (QED) is 0.199. The number of carbonyl (C=O) groups excluding carboxylic acids is 1. The first-order chi connectivity index (χ1) is 12.1. The predicted octanol–water partition coefficient (Wildman–Crippen LogP) is 3.59. The van der Waals surface area contributed by atoms with E-state index in [9.17, 15) is 4.79 Å². The van der Waals surface area contributed by atoms with E-state index in [-0.39, 0.29) is 11.8 Å². The number of nitrogens with zero attached hydrogens (tertiary/aromatic N) is 1. The van der Waals surface area contributed by atoms with Crippen molar-refractivity contribution < 1.29 is 4.79 Å². The standard InChI is InChI=1S/C20H44N4O/c1-5-7-9-11-13-15-19(14-12-10-8-6-2)23-20(18(3)25)16-24(17-21)22-4/h19-20,22-23H,5-17,21H2,1-4H3. The fourth-order valence-corrected chi connectivity index (χ4v) is 3.18. The minimum Gasteiger partial charge on any atom is -0.317 e. The molecular weight excluding hydrogens is 312 g/mol. The topological polar surface area (TPSA) is 70.4 Å². The molecule has 2 atom stereocenters. The van der Waals surface area contributed by atoms with E-state index in [0.29, 0.717) is 19.3 Å². The Morgan fingerprint density at radius 2 is 1.48 bits per heavy atom. The second-order valence-corrected chi connectivity index (χ2v) is 7.21. The van der Waals surface area contributed by atoms with Gasteiger partial charge in [0.1, 0.15) is 5.78 Å². The summed E-state index contributed by atoms with van der Waals surface area (Å²) >= 11 is 0. The number of unbranched alkanes of at least 4 members (excludes halogenated alkanes) is 7. The number of hydrogen-bond donors (Lipinski definition) is 3. The number of Topliss-reactive ketones (excluding diaryl/α,β-unsaturated/α-hetero) is 1. The number of ketones is 1. The highest BCUT2D eigenvalue weighted by molar-refractivity contribution is 5.81. The summed E-state index contributed by atoms with van der Waals surface area (Å²) in [5.41, 5.74) is 8.78. The van der Waals surface area contributed by atoms with E-state index in [1.807, 2.05) is 12.1 Å². The lowest BCUT2D eigenvalue weighted by Gasteiger charge is -2.29. The van der Waals surface area contributed by atoms with E-state index >= 15 is 0 Å². The average molecular weight is 357 g/mol. The van der Waals surface area contributed by atoms with Crippen molar-refractivity contribution in [2.24, 2.45) is 5.73 Å². The average Bonchev–Trinajstić information content (AvgIpc) is 2.61. The van der Waals surface area contributed by atoms with Crippen LogP contribution >= 0.6 is 0 Å². The van der Waals surface area contributed by atoms with Crippen LogP contribution in [0.5, 0.6) is 0 Å². The van der Waals surface area contributed by atoms with Gasteiger partial charge in [0.05, 0.1) is 12.7 Å². The molecule has 0 fully saturated rings. The van der Waals surface area contributed by atoms with Crippen LogP contribution in [0.3, 0.4) is 0 Å². The zero-order valence-corrected chi connectivity index (χ0v) is 17.3. The summed E-state index contributed by atoms with van der Waals surface area (Å²) in [5.74, 6) is 0.193. The molecule has 0 aliphatic carbocycles. The van der Waals surface area contributed by atoms with E-state index in [2.05, 4.69) is 24.6 Å². The van der Waals surface area contributed by atoms with Crippen LogP contribution in [0.25, 0.3) is 0 Å². The summed E-state index contributed by atoms with van der Waals surface area (Å²) < 4.78 is 0. The molecule has 25 heavy (non-hydrogen) atoms. The lowest BCUT2D eigenvalue weighted by Crippen LogP contribution is -2.53. The number of hydrazine groups is 1. The Morgan fingerprint density at radius 3 is 1.92 bits per heavy atom. The van der Waals surface area contributed by atoms with E-state index < -0.39 is 0 Å². The first-order valence-corrected chi connectivity index (χ1v) is 10.5. The summed E-state index contributed by atoms with van der Waals surface area (Å²) in [7, 11) is 1.85. The van der Waals surface area contributed by atoms with Gasteiger partial charge in [-0.2, -0.15) is 0 Å². The second-order valence-electron chi connectivity index (χ2n) is 7.21. The lowest BCUT2D eigenvalue weighted by molar-refractivity contribution is -0.119. The van der Waals surface area contributed by atoms with Crippen LogP contribution in [0.2, 0.25) is 0 Å². The van der Waals surface area contributed by atoms with Gasteiger partial charge < -0.3 is 11.1 Å². The molecule has 0 heterocycles. The third-order valence-corrected chi connectivity index (χ3v) is 4.93.